The molecule has 0 aliphatic carbocycles. The minimum Gasteiger partial charge on any atom is -0.489 e. The van der Waals surface area contributed by atoms with Crippen molar-refractivity contribution in [3.05, 3.63) is 84.4 Å². The number of ether oxygens (including phenoxy) is 1. The predicted octanol–water partition coefficient (Wildman–Crippen LogP) is 2.60. The zero-order valence-corrected chi connectivity index (χ0v) is 14.9. The summed E-state index contributed by atoms with van der Waals surface area (Å²) in [5, 5.41) is 0.715. The van der Waals surface area contributed by atoms with E-state index >= 15 is 0 Å². The molecule has 0 saturated carbocycles. The summed E-state index contributed by atoms with van der Waals surface area (Å²) in [7, 11) is 0. The lowest BCUT2D eigenvalue weighted by molar-refractivity contribution is 0.306. The van der Waals surface area contributed by atoms with E-state index in [9.17, 15) is 4.79 Å². The zero-order chi connectivity index (χ0) is 17.2. The van der Waals surface area contributed by atoms with Crippen molar-refractivity contribution in [2.24, 2.45) is 4.99 Å². The van der Waals surface area contributed by atoms with Crippen molar-refractivity contribution in [3.8, 4) is 5.75 Å². The van der Waals surface area contributed by atoms with Crippen LogP contribution in [0, 0.1) is 0 Å². The summed E-state index contributed by atoms with van der Waals surface area (Å²) >= 11 is 7.32. The fourth-order valence-electron chi connectivity index (χ4n) is 2.63. The fourth-order valence-corrected chi connectivity index (χ4v) is 3.78. The molecule has 4 nitrogen and oxygen atoms in total. The zero-order valence-electron chi connectivity index (χ0n) is 13.3. The fraction of sp³-hybridized carbons (Fsp3) is 0.158. The van der Waals surface area contributed by atoms with Gasteiger partial charge in [0.25, 0.3) is 5.56 Å². The monoisotopic (exact) mass is 370 g/mol. The van der Waals surface area contributed by atoms with Crippen LogP contribution in [0.1, 0.15) is 11.1 Å². The lowest BCUT2D eigenvalue weighted by atomic mass is 10.2. The lowest BCUT2D eigenvalue weighted by Crippen LogP contribution is -2.29. The summed E-state index contributed by atoms with van der Waals surface area (Å²) in [5.41, 5.74) is 2.07. The van der Waals surface area contributed by atoms with Gasteiger partial charge < -0.3 is 4.74 Å². The maximum absolute atomic E-state index is 12.3. The highest BCUT2D eigenvalue weighted by Crippen LogP contribution is 2.16. The smallest absolute Gasteiger partial charge is 0.270 e. The van der Waals surface area contributed by atoms with E-state index in [0.29, 0.717) is 29.3 Å². The summed E-state index contributed by atoms with van der Waals surface area (Å²) in [6.07, 6.45) is 1.90. The minimum atomic E-state index is 0.0457. The lowest BCUT2D eigenvalue weighted by Gasteiger charge is -2.06. The second-order valence-electron chi connectivity index (χ2n) is 5.72. The van der Waals surface area contributed by atoms with E-state index in [4.69, 9.17) is 16.3 Å². The summed E-state index contributed by atoms with van der Waals surface area (Å²) < 4.78 is 8.23. The summed E-state index contributed by atoms with van der Waals surface area (Å²) in [6, 6.07) is 15.3. The predicted molar refractivity (Wildman–Crippen MR) is 100 cm³/mol. The van der Waals surface area contributed by atoms with Crippen molar-refractivity contribution in [2.45, 2.75) is 13.2 Å². The summed E-state index contributed by atoms with van der Waals surface area (Å²) in [6.45, 7) is 1.89. The molecule has 0 bridgehead atoms. The van der Waals surface area contributed by atoms with Crippen LogP contribution in [0.25, 0.3) is 6.08 Å². The molecule has 0 spiro atoms. The molecular formula is C19H15ClN2O2S. The standard InChI is InChI=1S/C19H15ClN2O2S/c20-15-5-1-14(2-6-15)12-24-16-7-3-13(4-8-16)11-17-18(23)22-10-9-21-19(22)25-17/h1-8,11H,9-10,12H2/b17-11-. The van der Waals surface area contributed by atoms with Crippen LogP contribution >= 0.6 is 22.9 Å². The van der Waals surface area contributed by atoms with E-state index in [2.05, 4.69) is 4.99 Å². The van der Waals surface area contributed by atoms with Crippen LogP contribution in [-0.2, 0) is 13.2 Å². The van der Waals surface area contributed by atoms with Crippen LogP contribution in [0.15, 0.2) is 58.3 Å². The van der Waals surface area contributed by atoms with Crippen LogP contribution < -0.4 is 19.6 Å². The molecule has 4 rings (SSSR count). The van der Waals surface area contributed by atoms with E-state index < -0.39 is 0 Å². The number of halogens is 1. The Hall–Kier alpha value is -2.37. The summed E-state index contributed by atoms with van der Waals surface area (Å²) in [5.74, 6) is 0.785. The molecule has 0 unspecified atom stereocenters. The number of thiazole rings is 1. The van der Waals surface area contributed by atoms with Crippen molar-refractivity contribution < 1.29 is 4.74 Å². The van der Waals surface area contributed by atoms with Gasteiger partial charge in [-0.05, 0) is 41.5 Å². The van der Waals surface area contributed by atoms with Gasteiger partial charge >= 0.3 is 0 Å². The number of aromatic nitrogens is 1. The van der Waals surface area contributed by atoms with Gasteiger partial charge in [-0.3, -0.25) is 14.4 Å². The van der Waals surface area contributed by atoms with Crippen LogP contribution in [-0.4, -0.2) is 11.1 Å². The molecule has 0 atom stereocenters. The first kappa shape index (κ1) is 16.1. The Balaban J connectivity index is 1.50. The molecule has 0 amide bonds. The molecule has 6 heteroatoms. The second kappa shape index (κ2) is 6.86. The number of benzene rings is 2. The molecular weight excluding hydrogens is 356 g/mol. The van der Waals surface area contributed by atoms with Gasteiger partial charge in [-0.15, -0.1) is 0 Å². The second-order valence-corrected chi connectivity index (χ2v) is 7.16. The number of fused-ring (bicyclic) bond motifs is 1. The van der Waals surface area contributed by atoms with Gasteiger partial charge in [0.1, 0.15) is 12.4 Å². The highest BCUT2D eigenvalue weighted by Gasteiger charge is 2.09. The maximum atomic E-state index is 12.3. The van der Waals surface area contributed by atoms with Crippen LogP contribution in [0.3, 0.4) is 0 Å². The van der Waals surface area contributed by atoms with Gasteiger partial charge in [0.2, 0.25) is 0 Å². The van der Waals surface area contributed by atoms with Crippen molar-refractivity contribution in [2.75, 3.05) is 6.54 Å². The van der Waals surface area contributed by atoms with Gasteiger partial charge in [-0.1, -0.05) is 47.2 Å². The van der Waals surface area contributed by atoms with E-state index in [1.54, 1.807) is 4.57 Å². The molecule has 3 aromatic rings. The van der Waals surface area contributed by atoms with Crippen molar-refractivity contribution >= 4 is 29.0 Å². The molecule has 0 fully saturated rings. The molecule has 2 heterocycles. The van der Waals surface area contributed by atoms with Crippen molar-refractivity contribution in [1.29, 1.82) is 0 Å². The van der Waals surface area contributed by atoms with Gasteiger partial charge in [0.15, 0.2) is 4.80 Å². The quantitative estimate of drug-likeness (QED) is 0.708. The Morgan fingerprint density at radius 1 is 1.16 bits per heavy atom. The SMILES string of the molecule is O=c1/c(=C/c2ccc(OCc3ccc(Cl)cc3)cc2)sc2n1CCN=2. The molecule has 1 aromatic heterocycles. The molecule has 2 aromatic carbocycles. The van der Waals surface area contributed by atoms with Crippen LogP contribution in [0.4, 0.5) is 0 Å². The third-order valence-electron chi connectivity index (χ3n) is 3.96. The molecule has 25 heavy (non-hydrogen) atoms. The Bertz CT molecular complexity index is 1070. The van der Waals surface area contributed by atoms with Gasteiger partial charge in [0.05, 0.1) is 11.1 Å². The highest BCUT2D eigenvalue weighted by atomic mass is 35.5. The highest BCUT2D eigenvalue weighted by molar-refractivity contribution is 7.07. The summed E-state index contributed by atoms with van der Waals surface area (Å²) in [4.78, 5) is 17.4. The molecule has 0 saturated heterocycles. The van der Waals surface area contributed by atoms with Gasteiger partial charge in [-0.2, -0.15) is 0 Å². The topological polar surface area (TPSA) is 43.6 Å². The first-order chi connectivity index (χ1) is 12.2. The van der Waals surface area contributed by atoms with E-state index in [-0.39, 0.29) is 5.56 Å². The van der Waals surface area contributed by atoms with Gasteiger partial charge in [-0.25, -0.2) is 0 Å². The van der Waals surface area contributed by atoms with E-state index in [0.717, 1.165) is 21.7 Å². The Kier molecular flexibility index (Phi) is 4.42. The molecule has 0 radical (unpaired) electrons. The van der Waals surface area contributed by atoms with Gasteiger partial charge in [0, 0.05) is 11.6 Å². The minimum absolute atomic E-state index is 0.0457. The average molecular weight is 371 g/mol. The number of nitrogens with zero attached hydrogens (tertiary/aromatic N) is 2. The molecule has 126 valence electrons. The average Bonchev–Trinajstić information content (AvgIpc) is 3.19. The first-order valence-electron chi connectivity index (χ1n) is 7.92. The van der Waals surface area contributed by atoms with E-state index in [1.165, 1.54) is 11.3 Å². The Labute approximate surface area is 153 Å². The molecule has 1 aliphatic rings. The van der Waals surface area contributed by atoms with E-state index in [1.807, 2.05) is 54.6 Å². The van der Waals surface area contributed by atoms with Crippen molar-refractivity contribution in [1.82, 2.24) is 4.57 Å². The van der Waals surface area contributed by atoms with Crippen LogP contribution in [0.2, 0.25) is 5.02 Å². The third-order valence-corrected chi connectivity index (χ3v) is 5.25. The maximum Gasteiger partial charge on any atom is 0.270 e. The molecule has 0 N–H and O–H groups in total. The normalized spacial score (nSPS) is 13.6. The van der Waals surface area contributed by atoms with Crippen molar-refractivity contribution in [3.63, 3.8) is 0 Å². The number of hydrogen-bond acceptors (Lipinski definition) is 4. The Morgan fingerprint density at radius 3 is 2.64 bits per heavy atom. The first-order valence-corrected chi connectivity index (χ1v) is 9.12. The molecule has 1 aliphatic heterocycles. The number of hydrogen-bond donors (Lipinski definition) is 0. The third kappa shape index (κ3) is 3.52. The Morgan fingerprint density at radius 2 is 1.92 bits per heavy atom. The van der Waals surface area contributed by atoms with Crippen LogP contribution in [0.5, 0.6) is 5.75 Å². The number of rotatable bonds is 4. The largest absolute Gasteiger partial charge is 0.489 e.